The van der Waals surface area contributed by atoms with Crippen LogP contribution in [0.25, 0.3) is 0 Å². The molecule has 1 aliphatic heterocycles. The van der Waals surface area contributed by atoms with Crippen molar-refractivity contribution in [1.29, 1.82) is 0 Å². The fraction of sp³-hybridized carbons (Fsp3) is 0.462. The number of nitrogens with zero attached hydrogens (tertiary/aromatic N) is 2. The average Bonchev–Trinajstić information content (AvgIpc) is 2.37. The van der Waals surface area contributed by atoms with Crippen LogP contribution in [0.1, 0.15) is 28.8 Å². The fourth-order valence-corrected chi connectivity index (χ4v) is 2.37. The largest absolute Gasteiger partial charge is 0.337 e. The van der Waals surface area contributed by atoms with Crippen molar-refractivity contribution >= 4 is 24.0 Å². The number of halogens is 1. The number of piperidine rings is 1. The molecular formula is C13H18ClN3O3. The summed E-state index contributed by atoms with van der Waals surface area (Å²) in [5.74, 6) is -0.0949. The smallest absolute Gasteiger partial charge is 0.269 e. The molecule has 1 aromatic rings. The van der Waals surface area contributed by atoms with Crippen molar-refractivity contribution in [3.05, 3.63) is 39.4 Å². The van der Waals surface area contributed by atoms with Gasteiger partial charge in [-0.3, -0.25) is 14.9 Å². The molecule has 0 spiro atoms. The zero-order valence-corrected chi connectivity index (χ0v) is 12.1. The van der Waals surface area contributed by atoms with Gasteiger partial charge in [0.05, 0.1) is 4.92 Å². The van der Waals surface area contributed by atoms with E-state index in [0.717, 1.165) is 12.8 Å². The van der Waals surface area contributed by atoms with Crippen LogP contribution in [0.2, 0.25) is 0 Å². The van der Waals surface area contributed by atoms with Gasteiger partial charge in [-0.05, 0) is 31.4 Å². The lowest BCUT2D eigenvalue weighted by atomic mass is 10.0. The van der Waals surface area contributed by atoms with Crippen LogP contribution in [0.15, 0.2) is 18.2 Å². The molecule has 0 radical (unpaired) electrons. The molecule has 1 aliphatic rings. The van der Waals surface area contributed by atoms with Crippen molar-refractivity contribution in [2.45, 2.75) is 25.8 Å². The second kappa shape index (κ2) is 6.67. The maximum atomic E-state index is 12.3. The average molecular weight is 300 g/mol. The van der Waals surface area contributed by atoms with E-state index in [0.29, 0.717) is 24.2 Å². The first-order valence-corrected chi connectivity index (χ1v) is 6.29. The fourth-order valence-electron chi connectivity index (χ4n) is 2.37. The molecule has 6 nitrogen and oxygen atoms in total. The number of likely N-dealkylation sites (tertiary alicyclic amines) is 1. The van der Waals surface area contributed by atoms with Gasteiger partial charge in [-0.15, -0.1) is 12.4 Å². The Morgan fingerprint density at radius 2 is 2.20 bits per heavy atom. The third-order valence-corrected chi connectivity index (χ3v) is 3.40. The minimum atomic E-state index is -0.460. The van der Waals surface area contributed by atoms with Gasteiger partial charge in [0.2, 0.25) is 0 Å². The standard InChI is InChI=1S/C13H17N3O3.ClH/c1-9-7-11(16(18)19)4-5-12(9)13(17)15-6-2-3-10(14)8-15;/h4-5,7,10H,2-3,6,8,14H2,1H3;1H/t10-;/m1./s1. The van der Waals surface area contributed by atoms with Gasteiger partial charge >= 0.3 is 0 Å². The van der Waals surface area contributed by atoms with E-state index in [1.807, 2.05) is 0 Å². The van der Waals surface area contributed by atoms with Gasteiger partial charge < -0.3 is 10.6 Å². The van der Waals surface area contributed by atoms with Gasteiger partial charge in [0.1, 0.15) is 0 Å². The van der Waals surface area contributed by atoms with Gasteiger partial charge in [0, 0.05) is 36.8 Å². The van der Waals surface area contributed by atoms with E-state index in [4.69, 9.17) is 5.73 Å². The molecule has 1 saturated heterocycles. The second-order valence-electron chi connectivity index (χ2n) is 4.91. The molecule has 2 rings (SSSR count). The minimum Gasteiger partial charge on any atom is -0.337 e. The van der Waals surface area contributed by atoms with Crippen LogP contribution in [-0.2, 0) is 0 Å². The van der Waals surface area contributed by atoms with E-state index < -0.39 is 4.92 Å². The van der Waals surface area contributed by atoms with Gasteiger partial charge in [-0.25, -0.2) is 0 Å². The summed E-state index contributed by atoms with van der Waals surface area (Å²) in [5.41, 5.74) is 7.00. The Morgan fingerprint density at radius 3 is 2.75 bits per heavy atom. The van der Waals surface area contributed by atoms with E-state index in [1.165, 1.54) is 18.2 Å². The summed E-state index contributed by atoms with van der Waals surface area (Å²) in [7, 11) is 0. The summed E-state index contributed by atoms with van der Waals surface area (Å²) < 4.78 is 0. The van der Waals surface area contributed by atoms with Gasteiger partial charge in [-0.2, -0.15) is 0 Å². The molecule has 1 aromatic carbocycles. The molecule has 0 aromatic heterocycles. The van der Waals surface area contributed by atoms with Crippen LogP contribution in [0.3, 0.4) is 0 Å². The van der Waals surface area contributed by atoms with Gasteiger partial charge in [-0.1, -0.05) is 0 Å². The Hall–Kier alpha value is -1.66. The third-order valence-electron chi connectivity index (χ3n) is 3.40. The highest BCUT2D eigenvalue weighted by molar-refractivity contribution is 5.96. The van der Waals surface area contributed by atoms with Gasteiger partial charge in [0.25, 0.3) is 11.6 Å². The van der Waals surface area contributed by atoms with Crippen molar-refractivity contribution in [2.75, 3.05) is 13.1 Å². The van der Waals surface area contributed by atoms with E-state index >= 15 is 0 Å². The number of benzene rings is 1. The Balaban J connectivity index is 0.00000200. The van der Waals surface area contributed by atoms with Crippen LogP contribution in [0, 0.1) is 17.0 Å². The predicted octanol–water partition coefficient (Wildman–Crippen LogP) is 1.89. The normalized spacial score (nSPS) is 18.3. The Kier molecular flexibility index (Phi) is 5.47. The number of hydrogen-bond acceptors (Lipinski definition) is 4. The molecule has 1 amide bonds. The van der Waals surface area contributed by atoms with Crippen LogP contribution in [0.4, 0.5) is 5.69 Å². The SMILES string of the molecule is Cc1cc([N+](=O)[O-])ccc1C(=O)N1CCC[C@@H](N)C1.Cl. The highest BCUT2D eigenvalue weighted by Crippen LogP contribution is 2.20. The van der Waals surface area contributed by atoms with E-state index in [-0.39, 0.29) is 30.0 Å². The number of nitro benzene ring substituents is 1. The molecule has 7 heteroatoms. The molecule has 1 atom stereocenters. The van der Waals surface area contributed by atoms with Gasteiger partial charge in [0.15, 0.2) is 0 Å². The maximum absolute atomic E-state index is 12.3. The van der Waals surface area contributed by atoms with Crippen molar-refractivity contribution in [3.8, 4) is 0 Å². The monoisotopic (exact) mass is 299 g/mol. The Morgan fingerprint density at radius 1 is 1.50 bits per heavy atom. The Labute approximate surface area is 123 Å². The summed E-state index contributed by atoms with van der Waals surface area (Å²) in [4.78, 5) is 24.3. The van der Waals surface area contributed by atoms with Crippen molar-refractivity contribution in [1.82, 2.24) is 4.90 Å². The first-order valence-electron chi connectivity index (χ1n) is 6.29. The Bertz CT molecular complexity index is 522. The maximum Gasteiger partial charge on any atom is 0.269 e. The highest BCUT2D eigenvalue weighted by Gasteiger charge is 2.24. The zero-order valence-electron chi connectivity index (χ0n) is 11.2. The number of nitro groups is 1. The molecule has 0 unspecified atom stereocenters. The highest BCUT2D eigenvalue weighted by atomic mass is 35.5. The van der Waals surface area contributed by atoms with Crippen molar-refractivity contribution in [3.63, 3.8) is 0 Å². The van der Waals surface area contributed by atoms with Crippen LogP contribution in [0.5, 0.6) is 0 Å². The lowest BCUT2D eigenvalue weighted by Gasteiger charge is -2.31. The molecule has 0 aliphatic carbocycles. The second-order valence-corrected chi connectivity index (χ2v) is 4.91. The van der Waals surface area contributed by atoms with Crippen LogP contribution < -0.4 is 5.73 Å². The number of rotatable bonds is 2. The molecule has 20 heavy (non-hydrogen) atoms. The minimum absolute atomic E-state index is 0. The molecule has 110 valence electrons. The zero-order chi connectivity index (χ0) is 14.0. The topological polar surface area (TPSA) is 89.5 Å². The van der Waals surface area contributed by atoms with Crippen LogP contribution in [-0.4, -0.2) is 34.9 Å². The summed E-state index contributed by atoms with van der Waals surface area (Å²) in [6.45, 7) is 2.96. The number of non-ortho nitro benzene ring substituents is 1. The molecule has 1 fully saturated rings. The first-order chi connectivity index (χ1) is 8.99. The molecule has 0 saturated carbocycles. The van der Waals surface area contributed by atoms with Crippen molar-refractivity contribution < 1.29 is 9.72 Å². The predicted molar refractivity (Wildman–Crippen MR) is 78.2 cm³/mol. The summed E-state index contributed by atoms with van der Waals surface area (Å²) in [5, 5.41) is 10.7. The quantitative estimate of drug-likeness (QED) is 0.667. The van der Waals surface area contributed by atoms with Crippen molar-refractivity contribution in [2.24, 2.45) is 5.73 Å². The first kappa shape index (κ1) is 16.4. The summed E-state index contributed by atoms with van der Waals surface area (Å²) >= 11 is 0. The van der Waals surface area contributed by atoms with Crippen LogP contribution >= 0.6 is 12.4 Å². The van der Waals surface area contributed by atoms with E-state index in [9.17, 15) is 14.9 Å². The lowest BCUT2D eigenvalue weighted by molar-refractivity contribution is -0.384. The molecule has 1 heterocycles. The number of carbonyl (C=O) groups is 1. The van der Waals surface area contributed by atoms with E-state index in [2.05, 4.69) is 0 Å². The number of carbonyl (C=O) groups excluding carboxylic acids is 1. The molecule has 2 N–H and O–H groups in total. The third kappa shape index (κ3) is 3.46. The number of aryl methyl sites for hydroxylation is 1. The molecule has 0 bridgehead atoms. The summed E-state index contributed by atoms with van der Waals surface area (Å²) in [6, 6.07) is 4.34. The lowest BCUT2D eigenvalue weighted by Crippen LogP contribution is -2.45. The number of hydrogen-bond donors (Lipinski definition) is 1. The number of nitrogens with two attached hydrogens (primary N) is 1. The molecular weight excluding hydrogens is 282 g/mol. The number of amides is 1. The van der Waals surface area contributed by atoms with E-state index in [1.54, 1.807) is 11.8 Å². The summed E-state index contributed by atoms with van der Waals surface area (Å²) in [6.07, 6.45) is 1.84.